The first-order valence-electron chi connectivity index (χ1n) is 11.5. The van der Waals surface area contributed by atoms with E-state index in [1.807, 2.05) is 33.8 Å². The van der Waals surface area contributed by atoms with Gasteiger partial charge in [-0.2, -0.15) is 4.31 Å². The van der Waals surface area contributed by atoms with Crippen LogP contribution in [0.25, 0.3) is 10.8 Å². The highest BCUT2D eigenvalue weighted by molar-refractivity contribution is 7.89. The molecule has 1 atom stereocenters. The van der Waals surface area contributed by atoms with Crippen LogP contribution < -0.4 is 4.74 Å². The van der Waals surface area contributed by atoms with Crippen molar-refractivity contribution in [3.8, 4) is 5.88 Å². The van der Waals surface area contributed by atoms with Crippen molar-refractivity contribution in [3.05, 3.63) is 30.0 Å². The van der Waals surface area contributed by atoms with Crippen LogP contribution in [0, 0.1) is 0 Å². The summed E-state index contributed by atoms with van der Waals surface area (Å²) in [6.45, 7) is 8.37. The second kappa shape index (κ2) is 8.76. The monoisotopic (exact) mass is 475 g/mol. The fourth-order valence-electron chi connectivity index (χ4n) is 4.47. The molecule has 1 aliphatic carbocycles. The quantitative estimate of drug-likeness (QED) is 0.660. The minimum atomic E-state index is -3.83. The van der Waals surface area contributed by atoms with Crippen LogP contribution in [0.4, 0.5) is 4.79 Å². The van der Waals surface area contributed by atoms with Crippen molar-refractivity contribution in [2.45, 2.75) is 69.4 Å². The third-order valence-electron chi connectivity index (χ3n) is 6.10. The number of fused-ring (bicyclic) bond motifs is 1. The average Bonchev–Trinajstić information content (AvgIpc) is 3.58. The molecule has 1 saturated carbocycles. The number of carbonyl (C=O) groups excluding carboxylic acids is 1. The van der Waals surface area contributed by atoms with E-state index in [-0.39, 0.29) is 11.4 Å². The Hall–Kier alpha value is -2.39. The minimum Gasteiger partial charge on any atom is -0.481 e. The lowest BCUT2D eigenvalue weighted by Crippen LogP contribution is -2.45. The number of methoxy groups -OCH3 is 1. The van der Waals surface area contributed by atoms with E-state index in [1.165, 1.54) is 4.31 Å². The normalized spacial score (nSPS) is 20.5. The predicted molar refractivity (Wildman–Crippen MR) is 126 cm³/mol. The predicted octanol–water partition coefficient (Wildman–Crippen LogP) is 4.14. The van der Waals surface area contributed by atoms with Gasteiger partial charge in [0.15, 0.2) is 0 Å². The molecular formula is C24H33N3O5S. The lowest BCUT2D eigenvalue weighted by molar-refractivity contribution is 0.0244. The molecule has 2 aliphatic rings. The Morgan fingerprint density at radius 2 is 1.91 bits per heavy atom. The van der Waals surface area contributed by atoms with Gasteiger partial charge in [-0.3, -0.25) is 0 Å². The Kier molecular flexibility index (Phi) is 6.30. The molecule has 1 aromatic carbocycles. The molecule has 180 valence electrons. The van der Waals surface area contributed by atoms with Gasteiger partial charge < -0.3 is 14.4 Å². The first-order chi connectivity index (χ1) is 15.5. The zero-order valence-corrected chi connectivity index (χ0v) is 20.8. The topological polar surface area (TPSA) is 89.0 Å². The van der Waals surface area contributed by atoms with Crippen LogP contribution in [0.5, 0.6) is 5.88 Å². The maximum Gasteiger partial charge on any atom is 0.410 e. The van der Waals surface area contributed by atoms with Crippen molar-refractivity contribution >= 4 is 26.9 Å². The van der Waals surface area contributed by atoms with E-state index in [2.05, 4.69) is 4.98 Å². The molecule has 0 N–H and O–H groups in total. The molecule has 0 spiro atoms. The average molecular weight is 476 g/mol. The van der Waals surface area contributed by atoms with Crippen LogP contribution in [0.2, 0.25) is 0 Å². The molecule has 1 aliphatic heterocycles. The number of hydrogen-bond acceptors (Lipinski definition) is 6. The molecular weight excluding hydrogens is 442 g/mol. The fraction of sp³-hybridized carbons (Fsp3) is 0.583. The van der Waals surface area contributed by atoms with E-state index in [4.69, 9.17) is 9.47 Å². The first-order valence-corrected chi connectivity index (χ1v) is 12.9. The highest BCUT2D eigenvalue weighted by atomic mass is 32.2. The number of aromatic nitrogens is 1. The molecule has 33 heavy (non-hydrogen) atoms. The molecule has 0 radical (unpaired) electrons. The Balaban J connectivity index is 1.71. The van der Waals surface area contributed by atoms with Gasteiger partial charge >= 0.3 is 6.09 Å². The summed E-state index contributed by atoms with van der Waals surface area (Å²) in [7, 11) is -2.28. The molecule has 9 heteroatoms. The fourth-order valence-corrected chi connectivity index (χ4v) is 6.36. The van der Waals surface area contributed by atoms with E-state index in [9.17, 15) is 13.2 Å². The summed E-state index contributed by atoms with van der Waals surface area (Å²) in [4.78, 5) is 18.9. The zero-order valence-electron chi connectivity index (χ0n) is 20.0. The van der Waals surface area contributed by atoms with Gasteiger partial charge in [-0.05, 0) is 70.6 Å². The minimum absolute atomic E-state index is 0.277. The van der Waals surface area contributed by atoms with Crippen molar-refractivity contribution < 1.29 is 22.7 Å². The smallest absolute Gasteiger partial charge is 0.410 e. The highest BCUT2D eigenvalue weighted by Gasteiger charge is 2.37. The van der Waals surface area contributed by atoms with Gasteiger partial charge in [0.25, 0.3) is 0 Å². The molecule has 2 fully saturated rings. The maximum atomic E-state index is 14.0. The van der Waals surface area contributed by atoms with Crippen molar-refractivity contribution in [1.29, 1.82) is 0 Å². The Morgan fingerprint density at radius 3 is 2.55 bits per heavy atom. The number of amides is 1. The summed E-state index contributed by atoms with van der Waals surface area (Å²) in [5.74, 6) is 0.748. The van der Waals surface area contributed by atoms with E-state index < -0.39 is 27.8 Å². The Labute approximate surface area is 195 Å². The van der Waals surface area contributed by atoms with E-state index in [0.29, 0.717) is 42.1 Å². The molecule has 4 rings (SSSR count). The highest BCUT2D eigenvalue weighted by Crippen LogP contribution is 2.46. The molecule has 2 heterocycles. The number of rotatable bonds is 4. The first kappa shape index (κ1) is 23.8. The van der Waals surface area contributed by atoms with Crippen molar-refractivity contribution in [1.82, 2.24) is 14.2 Å². The number of ether oxygens (including phenoxy) is 2. The maximum absolute atomic E-state index is 14.0. The van der Waals surface area contributed by atoms with Crippen molar-refractivity contribution in [2.75, 3.05) is 26.7 Å². The second-order valence-electron chi connectivity index (χ2n) is 9.92. The molecule has 1 amide bonds. The number of nitrogens with zero attached hydrogens (tertiary/aromatic N) is 3. The Bertz CT molecular complexity index is 1150. The molecule has 8 nitrogen and oxygen atoms in total. The Morgan fingerprint density at radius 1 is 1.18 bits per heavy atom. The van der Waals surface area contributed by atoms with Gasteiger partial charge in [-0.25, -0.2) is 18.2 Å². The van der Waals surface area contributed by atoms with Crippen molar-refractivity contribution in [2.24, 2.45) is 0 Å². The van der Waals surface area contributed by atoms with Crippen LogP contribution in [0.3, 0.4) is 0 Å². The summed E-state index contributed by atoms with van der Waals surface area (Å²) in [5.41, 5.74) is 0.357. The number of sulfonamides is 1. The van der Waals surface area contributed by atoms with Crippen LogP contribution in [-0.4, -0.2) is 67.1 Å². The molecule has 0 bridgehead atoms. The standard InChI is InChI=1S/C24H33N3O5S/c1-16-15-26(23(28)32-24(2,3)4)12-7-13-27(16)33(29,30)20-9-6-8-18-21(20)19(17-10-11-17)14-25-22(18)31-5/h6,8-9,14,16-17H,7,10-13,15H2,1-5H3/t16-/m1/s1. The van der Waals surface area contributed by atoms with Crippen LogP contribution in [0.15, 0.2) is 29.3 Å². The van der Waals surface area contributed by atoms with Gasteiger partial charge in [0, 0.05) is 42.6 Å². The molecule has 1 saturated heterocycles. The van der Waals surface area contributed by atoms with E-state index in [1.54, 1.807) is 30.3 Å². The van der Waals surface area contributed by atoms with Crippen molar-refractivity contribution in [3.63, 3.8) is 0 Å². The number of benzene rings is 1. The second-order valence-corrected chi connectivity index (χ2v) is 11.8. The summed E-state index contributed by atoms with van der Waals surface area (Å²) >= 11 is 0. The third-order valence-corrected chi connectivity index (χ3v) is 8.15. The number of hydrogen-bond donors (Lipinski definition) is 0. The molecule has 0 unspecified atom stereocenters. The largest absolute Gasteiger partial charge is 0.481 e. The van der Waals surface area contributed by atoms with Crippen LogP contribution in [0.1, 0.15) is 58.4 Å². The summed E-state index contributed by atoms with van der Waals surface area (Å²) in [6, 6.07) is 4.88. The zero-order chi connectivity index (χ0) is 24.0. The van der Waals surface area contributed by atoms with Gasteiger partial charge in [0.05, 0.1) is 12.0 Å². The van der Waals surface area contributed by atoms with E-state index >= 15 is 0 Å². The molecule has 1 aromatic heterocycles. The summed E-state index contributed by atoms with van der Waals surface area (Å²) in [5, 5.41) is 1.41. The van der Waals surface area contributed by atoms with Gasteiger partial charge in [0.1, 0.15) is 5.60 Å². The van der Waals surface area contributed by atoms with E-state index in [0.717, 1.165) is 18.4 Å². The SMILES string of the molecule is COc1ncc(C2CC2)c2c(S(=O)(=O)N3CCCN(C(=O)OC(C)(C)C)C[C@H]3C)cccc12. The van der Waals surface area contributed by atoms with Gasteiger partial charge in [0.2, 0.25) is 15.9 Å². The summed E-state index contributed by atoms with van der Waals surface area (Å²) in [6.07, 6.45) is 3.94. The summed E-state index contributed by atoms with van der Waals surface area (Å²) < 4.78 is 40.5. The lowest BCUT2D eigenvalue weighted by atomic mass is 10.0. The molecule has 2 aromatic rings. The van der Waals surface area contributed by atoms with Gasteiger partial charge in [-0.15, -0.1) is 0 Å². The third kappa shape index (κ3) is 4.80. The lowest BCUT2D eigenvalue weighted by Gasteiger charge is -2.30. The number of pyridine rings is 1. The van der Waals surface area contributed by atoms with Crippen LogP contribution >= 0.6 is 0 Å². The number of carbonyl (C=O) groups is 1. The van der Waals surface area contributed by atoms with Crippen LogP contribution in [-0.2, 0) is 14.8 Å². The van der Waals surface area contributed by atoms with Gasteiger partial charge in [-0.1, -0.05) is 6.07 Å².